The van der Waals surface area contributed by atoms with Gasteiger partial charge in [-0.25, -0.2) is 15.0 Å². The molecular formula is C24H26N6O2. The van der Waals surface area contributed by atoms with Crippen molar-refractivity contribution in [3.8, 4) is 23.0 Å². The summed E-state index contributed by atoms with van der Waals surface area (Å²) in [6.07, 6.45) is 10.7. The first-order valence-electron chi connectivity index (χ1n) is 10.7. The van der Waals surface area contributed by atoms with Gasteiger partial charge < -0.3 is 15.0 Å². The first-order valence-corrected chi connectivity index (χ1v) is 10.7. The summed E-state index contributed by atoms with van der Waals surface area (Å²) >= 11 is 0. The quantitative estimate of drug-likeness (QED) is 0.569. The van der Waals surface area contributed by atoms with Crippen LogP contribution in [0.3, 0.4) is 0 Å². The molecule has 0 bridgehead atoms. The van der Waals surface area contributed by atoms with Crippen LogP contribution in [0.4, 0.5) is 5.82 Å². The lowest BCUT2D eigenvalue weighted by atomic mass is 10.1. The number of ether oxygens (including phenoxy) is 1. The minimum atomic E-state index is -0.0178. The van der Waals surface area contributed by atoms with Crippen molar-refractivity contribution in [2.24, 2.45) is 0 Å². The number of aromatic nitrogens is 4. The standard InChI is InChI=1S/C24H26N6O2/c1-3-17-6-5-7-20(12-17)32-24-26-13-18(14-27-24)21-15-25-16-22(29-21)28-19-8-10-30(11-9-19)23(31)4-2/h4-7,12-16,19H,2-3,8-11H2,1H3,(H,28,29). The highest BCUT2D eigenvalue weighted by molar-refractivity contribution is 5.87. The summed E-state index contributed by atoms with van der Waals surface area (Å²) in [6, 6.07) is 8.40. The topological polar surface area (TPSA) is 93.1 Å². The van der Waals surface area contributed by atoms with Gasteiger partial charge in [0.1, 0.15) is 11.6 Å². The van der Waals surface area contributed by atoms with Gasteiger partial charge in [0, 0.05) is 37.1 Å². The Morgan fingerprint density at radius 1 is 1.22 bits per heavy atom. The molecule has 1 aliphatic heterocycles. The van der Waals surface area contributed by atoms with Crippen molar-refractivity contribution < 1.29 is 9.53 Å². The Morgan fingerprint density at radius 3 is 2.72 bits per heavy atom. The Morgan fingerprint density at radius 2 is 2.00 bits per heavy atom. The van der Waals surface area contributed by atoms with Crippen molar-refractivity contribution in [1.82, 2.24) is 24.8 Å². The number of carbonyl (C=O) groups is 1. The SMILES string of the molecule is C=CC(=O)N1CCC(Nc2cncc(-c3cnc(Oc4cccc(CC)c4)nc3)n2)CC1. The molecule has 1 fully saturated rings. The van der Waals surface area contributed by atoms with Crippen molar-refractivity contribution in [2.45, 2.75) is 32.2 Å². The molecule has 0 unspecified atom stereocenters. The van der Waals surface area contributed by atoms with Crippen LogP contribution in [-0.4, -0.2) is 49.9 Å². The zero-order chi connectivity index (χ0) is 22.3. The normalized spacial score (nSPS) is 14.1. The average Bonchev–Trinajstić information content (AvgIpc) is 2.85. The molecule has 164 valence electrons. The number of likely N-dealkylation sites (tertiary alicyclic amines) is 1. The van der Waals surface area contributed by atoms with E-state index in [9.17, 15) is 4.79 Å². The third kappa shape index (κ3) is 5.26. The molecule has 0 atom stereocenters. The summed E-state index contributed by atoms with van der Waals surface area (Å²) in [5.74, 6) is 1.38. The van der Waals surface area contributed by atoms with E-state index in [0.717, 1.165) is 24.8 Å². The number of hydrogen-bond acceptors (Lipinski definition) is 7. The van der Waals surface area contributed by atoms with Gasteiger partial charge in [0.05, 0.1) is 18.1 Å². The maximum absolute atomic E-state index is 11.7. The fourth-order valence-electron chi connectivity index (χ4n) is 3.59. The zero-order valence-corrected chi connectivity index (χ0v) is 18.1. The first kappa shape index (κ1) is 21.4. The summed E-state index contributed by atoms with van der Waals surface area (Å²) in [7, 11) is 0. The predicted octanol–water partition coefficient (Wildman–Crippen LogP) is 3.88. The molecule has 1 N–H and O–H groups in total. The molecule has 1 amide bonds. The highest BCUT2D eigenvalue weighted by atomic mass is 16.5. The lowest BCUT2D eigenvalue weighted by molar-refractivity contribution is -0.126. The van der Waals surface area contributed by atoms with E-state index in [0.29, 0.717) is 30.4 Å². The van der Waals surface area contributed by atoms with E-state index in [2.05, 4.69) is 44.8 Å². The molecule has 0 saturated carbocycles. The molecule has 8 heteroatoms. The lowest BCUT2D eigenvalue weighted by Crippen LogP contribution is -2.41. The molecule has 2 aromatic heterocycles. The number of rotatable bonds is 7. The highest BCUT2D eigenvalue weighted by Gasteiger charge is 2.21. The van der Waals surface area contributed by atoms with Gasteiger partial charge in [-0.3, -0.25) is 9.78 Å². The number of hydrogen-bond donors (Lipinski definition) is 1. The Bertz CT molecular complexity index is 1080. The first-order chi connectivity index (χ1) is 15.6. The monoisotopic (exact) mass is 430 g/mol. The third-order valence-corrected chi connectivity index (χ3v) is 5.41. The Balaban J connectivity index is 1.39. The summed E-state index contributed by atoms with van der Waals surface area (Å²) in [5.41, 5.74) is 2.62. The predicted molar refractivity (Wildman–Crippen MR) is 122 cm³/mol. The number of anilines is 1. The van der Waals surface area contributed by atoms with Crippen LogP contribution in [0.25, 0.3) is 11.3 Å². The molecule has 4 rings (SSSR count). The molecule has 0 aliphatic carbocycles. The van der Waals surface area contributed by atoms with E-state index in [4.69, 9.17) is 4.74 Å². The Kier molecular flexibility index (Phi) is 6.69. The number of nitrogens with one attached hydrogen (secondary N) is 1. The second-order valence-electron chi connectivity index (χ2n) is 7.59. The molecular weight excluding hydrogens is 404 g/mol. The molecule has 1 saturated heterocycles. The Labute approximate surface area is 187 Å². The second-order valence-corrected chi connectivity index (χ2v) is 7.59. The summed E-state index contributed by atoms with van der Waals surface area (Å²) in [6.45, 7) is 7.05. The largest absolute Gasteiger partial charge is 0.424 e. The third-order valence-electron chi connectivity index (χ3n) is 5.41. The van der Waals surface area contributed by atoms with Crippen molar-refractivity contribution >= 4 is 11.7 Å². The van der Waals surface area contributed by atoms with Crippen LogP contribution >= 0.6 is 0 Å². The van der Waals surface area contributed by atoms with Crippen LogP contribution < -0.4 is 10.1 Å². The molecule has 3 heterocycles. The van der Waals surface area contributed by atoms with Crippen LogP contribution in [0.1, 0.15) is 25.3 Å². The van der Waals surface area contributed by atoms with Gasteiger partial charge in [0.25, 0.3) is 0 Å². The smallest absolute Gasteiger partial charge is 0.321 e. The minimum Gasteiger partial charge on any atom is -0.424 e. The fraction of sp³-hybridized carbons (Fsp3) is 0.292. The number of nitrogens with zero attached hydrogens (tertiary/aromatic N) is 5. The van der Waals surface area contributed by atoms with E-state index in [1.807, 2.05) is 23.1 Å². The van der Waals surface area contributed by atoms with E-state index in [1.165, 1.54) is 11.6 Å². The van der Waals surface area contributed by atoms with Gasteiger partial charge in [-0.2, -0.15) is 0 Å². The minimum absolute atomic E-state index is 0.0178. The highest BCUT2D eigenvalue weighted by Crippen LogP contribution is 2.22. The van der Waals surface area contributed by atoms with E-state index in [-0.39, 0.29) is 18.0 Å². The van der Waals surface area contributed by atoms with Gasteiger partial charge in [-0.1, -0.05) is 25.6 Å². The van der Waals surface area contributed by atoms with Gasteiger partial charge in [-0.15, -0.1) is 0 Å². The summed E-state index contributed by atoms with van der Waals surface area (Å²) in [5, 5.41) is 3.42. The number of benzene rings is 1. The zero-order valence-electron chi connectivity index (χ0n) is 18.1. The number of carbonyl (C=O) groups excluding carboxylic acids is 1. The van der Waals surface area contributed by atoms with Crippen molar-refractivity contribution in [3.63, 3.8) is 0 Å². The van der Waals surface area contributed by atoms with Crippen LogP contribution in [0, 0.1) is 0 Å². The fourth-order valence-corrected chi connectivity index (χ4v) is 3.59. The Hall–Kier alpha value is -3.81. The van der Waals surface area contributed by atoms with Gasteiger partial charge in [0.2, 0.25) is 5.91 Å². The number of aryl methyl sites for hydroxylation is 1. The molecule has 1 aromatic carbocycles. The molecule has 0 spiro atoms. The van der Waals surface area contributed by atoms with Crippen LogP contribution in [0.2, 0.25) is 0 Å². The number of amides is 1. The summed E-state index contributed by atoms with van der Waals surface area (Å²) in [4.78, 5) is 31.1. The lowest BCUT2D eigenvalue weighted by Gasteiger charge is -2.31. The molecule has 32 heavy (non-hydrogen) atoms. The van der Waals surface area contributed by atoms with E-state index in [1.54, 1.807) is 24.8 Å². The van der Waals surface area contributed by atoms with E-state index < -0.39 is 0 Å². The molecule has 8 nitrogen and oxygen atoms in total. The number of piperidine rings is 1. The van der Waals surface area contributed by atoms with Crippen molar-refractivity contribution in [1.29, 1.82) is 0 Å². The molecule has 1 aliphatic rings. The van der Waals surface area contributed by atoms with Gasteiger partial charge in [-0.05, 0) is 43.0 Å². The van der Waals surface area contributed by atoms with E-state index >= 15 is 0 Å². The van der Waals surface area contributed by atoms with Crippen LogP contribution in [0.5, 0.6) is 11.8 Å². The van der Waals surface area contributed by atoms with Crippen molar-refractivity contribution in [2.75, 3.05) is 18.4 Å². The second kappa shape index (κ2) is 10.00. The molecule has 0 radical (unpaired) electrons. The average molecular weight is 431 g/mol. The van der Waals surface area contributed by atoms with Gasteiger partial charge in [0.15, 0.2) is 0 Å². The maximum atomic E-state index is 11.7. The van der Waals surface area contributed by atoms with Crippen molar-refractivity contribution in [3.05, 3.63) is 67.3 Å². The molecule has 3 aromatic rings. The van der Waals surface area contributed by atoms with Crippen LogP contribution in [0.15, 0.2) is 61.7 Å². The maximum Gasteiger partial charge on any atom is 0.321 e. The van der Waals surface area contributed by atoms with Crippen LogP contribution in [-0.2, 0) is 11.2 Å². The van der Waals surface area contributed by atoms with Gasteiger partial charge >= 0.3 is 6.01 Å². The summed E-state index contributed by atoms with van der Waals surface area (Å²) < 4.78 is 5.76.